The Balaban J connectivity index is 2.68. The molecule has 2 aromatic rings. The predicted octanol–water partition coefficient (Wildman–Crippen LogP) is 4.38. The fourth-order valence-electron chi connectivity index (χ4n) is 2.30. The maximum absolute atomic E-state index is 11.2. The number of fused-ring (bicyclic) bond motifs is 1. The van der Waals surface area contributed by atoms with Crippen LogP contribution in [0.25, 0.3) is 11.0 Å². The lowest BCUT2D eigenvalue weighted by atomic mass is 9.81. The van der Waals surface area contributed by atoms with Gasteiger partial charge in [-0.05, 0) is 36.0 Å². The molecule has 0 bridgehead atoms. The van der Waals surface area contributed by atoms with E-state index in [4.69, 9.17) is 4.42 Å². The summed E-state index contributed by atoms with van der Waals surface area (Å²) in [4.78, 5) is 11.2. The molecule has 0 saturated heterocycles. The number of carbonyl (C=O) groups is 1. The topological polar surface area (TPSA) is 50.4 Å². The Hall–Kier alpha value is -1.77. The van der Waals surface area contributed by atoms with Gasteiger partial charge in [0, 0.05) is 10.9 Å². The second-order valence-corrected chi connectivity index (χ2v) is 5.52. The smallest absolute Gasteiger partial charge is 0.372 e. The van der Waals surface area contributed by atoms with Crippen LogP contribution >= 0.6 is 0 Å². The Morgan fingerprint density at radius 2 is 2.00 bits per heavy atom. The normalized spacial score (nSPS) is 12.0. The molecule has 3 heteroatoms. The van der Waals surface area contributed by atoms with Gasteiger partial charge in [0.1, 0.15) is 5.58 Å². The summed E-state index contributed by atoms with van der Waals surface area (Å²) >= 11 is 0. The van der Waals surface area contributed by atoms with E-state index in [0.717, 1.165) is 17.4 Å². The zero-order valence-corrected chi connectivity index (χ0v) is 11.9. The summed E-state index contributed by atoms with van der Waals surface area (Å²) in [6.07, 6.45) is 1.69. The maximum Gasteiger partial charge on any atom is 0.372 e. The Bertz CT molecular complexity index is 620. The van der Waals surface area contributed by atoms with Gasteiger partial charge in [0.2, 0.25) is 5.76 Å². The third-order valence-electron chi connectivity index (χ3n) is 4.00. The van der Waals surface area contributed by atoms with Gasteiger partial charge in [-0.1, -0.05) is 33.8 Å². The van der Waals surface area contributed by atoms with Gasteiger partial charge in [-0.25, -0.2) is 4.79 Å². The van der Waals surface area contributed by atoms with Crippen LogP contribution in [0.2, 0.25) is 0 Å². The quantitative estimate of drug-likeness (QED) is 0.887. The van der Waals surface area contributed by atoms with Crippen LogP contribution in [0, 0.1) is 0 Å². The van der Waals surface area contributed by atoms with Crippen LogP contribution in [-0.2, 0) is 11.8 Å². The number of furan rings is 1. The fourth-order valence-corrected chi connectivity index (χ4v) is 2.30. The third kappa shape index (κ3) is 2.25. The second-order valence-electron chi connectivity index (χ2n) is 5.52. The minimum absolute atomic E-state index is 0.0731. The van der Waals surface area contributed by atoms with E-state index in [-0.39, 0.29) is 11.2 Å². The van der Waals surface area contributed by atoms with Crippen molar-refractivity contribution in [3.63, 3.8) is 0 Å². The first-order valence-electron chi connectivity index (χ1n) is 6.70. The summed E-state index contributed by atoms with van der Waals surface area (Å²) in [5.74, 6) is -0.923. The SMILES string of the molecule is CCc1c(C(=O)O)oc2ccc(C(C)(C)CC)cc12. The van der Waals surface area contributed by atoms with Crippen molar-refractivity contribution in [1.29, 1.82) is 0 Å². The Morgan fingerprint density at radius 3 is 2.53 bits per heavy atom. The number of carboxylic acids is 1. The van der Waals surface area contributed by atoms with E-state index in [9.17, 15) is 9.90 Å². The highest BCUT2D eigenvalue weighted by molar-refractivity contribution is 5.95. The van der Waals surface area contributed by atoms with E-state index in [1.54, 1.807) is 0 Å². The van der Waals surface area contributed by atoms with Crippen molar-refractivity contribution in [2.75, 3.05) is 0 Å². The highest BCUT2D eigenvalue weighted by atomic mass is 16.4. The average Bonchev–Trinajstić information content (AvgIpc) is 2.76. The van der Waals surface area contributed by atoms with Gasteiger partial charge >= 0.3 is 5.97 Å². The van der Waals surface area contributed by atoms with Crippen molar-refractivity contribution >= 4 is 16.9 Å². The molecule has 1 aromatic heterocycles. The minimum Gasteiger partial charge on any atom is -0.475 e. The van der Waals surface area contributed by atoms with Crippen molar-refractivity contribution in [1.82, 2.24) is 0 Å². The molecule has 0 aliphatic carbocycles. The second kappa shape index (κ2) is 4.72. The summed E-state index contributed by atoms with van der Waals surface area (Å²) < 4.78 is 5.45. The Morgan fingerprint density at radius 1 is 1.32 bits per heavy atom. The molecule has 1 aromatic carbocycles. The first-order valence-corrected chi connectivity index (χ1v) is 6.70. The van der Waals surface area contributed by atoms with Gasteiger partial charge in [0.15, 0.2) is 0 Å². The molecule has 1 heterocycles. The number of hydrogen-bond donors (Lipinski definition) is 1. The molecule has 0 aliphatic rings. The van der Waals surface area contributed by atoms with Crippen molar-refractivity contribution in [3.8, 4) is 0 Å². The average molecular weight is 260 g/mol. The number of benzene rings is 1. The molecule has 3 nitrogen and oxygen atoms in total. The van der Waals surface area contributed by atoms with Gasteiger partial charge in [-0.3, -0.25) is 0 Å². The van der Waals surface area contributed by atoms with Crippen molar-refractivity contribution in [2.45, 2.75) is 46.0 Å². The summed E-state index contributed by atoms with van der Waals surface area (Å²) in [7, 11) is 0. The molecule has 0 atom stereocenters. The number of hydrogen-bond acceptors (Lipinski definition) is 2. The predicted molar refractivity (Wildman–Crippen MR) is 75.9 cm³/mol. The lowest BCUT2D eigenvalue weighted by molar-refractivity contribution is 0.0663. The molecule has 102 valence electrons. The fraction of sp³-hybridized carbons (Fsp3) is 0.438. The van der Waals surface area contributed by atoms with Crippen LogP contribution in [0.4, 0.5) is 0 Å². The molecular weight excluding hydrogens is 240 g/mol. The molecule has 0 fully saturated rings. The molecule has 0 saturated carbocycles. The summed E-state index contributed by atoms with van der Waals surface area (Å²) in [5, 5.41) is 10.1. The van der Waals surface area contributed by atoms with Crippen LogP contribution in [-0.4, -0.2) is 11.1 Å². The van der Waals surface area contributed by atoms with Crippen LogP contribution in [0.15, 0.2) is 22.6 Å². The van der Waals surface area contributed by atoms with Gasteiger partial charge in [-0.15, -0.1) is 0 Å². The van der Waals surface area contributed by atoms with Crippen molar-refractivity contribution in [2.24, 2.45) is 0 Å². The van der Waals surface area contributed by atoms with E-state index in [2.05, 4.69) is 26.8 Å². The molecule has 0 unspecified atom stereocenters. The molecule has 0 aliphatic heterocycles. The first-order chi connectivity index (χ1) is 8.90. The molecule has 0 radical (unpaired) electrons. The van der Waals surface area contributed by atoms with E-state index in [0.29, 0.717) is 12.0 Å². The van der Waals surface area contributed by atoms with Crippen LogP contribution < -0.4 is 0 Å². The molecule has 2 rings (SSSR count). The molecule has 0 spiro atoms. The van der Waals surface area contributed by atoms with Crippen molar-refractivity contribution < 1.29 is 14.3 Å². The largest absolute Gasteiger partial charge is 0.475 e. The van der Waals surface area contributed by atoms with Crippen molar-refractivity contribution in [3.05, 3.63) is 35.1 Å². The maximum atomic E-state index is 11.2. The highest BCUT2D eigenvalue weighted by Crippen LogP contribution is 2.33. The van der Waals surface area contributed by atoms with Gasteiger partial charge in [-0.2, -0.15) is 0 Å². The van der Waals surface area contributed by atoms with E-state index in [1.165, 1.54) is 5.56 Å². The Labute approximate surface area is 113 Å². The first kappa shape index (κ1) is 13.7. The zero-order chi connectivity index (χ0) is 14.2. The molecule has 19 heavy (non-hydrogen) atoms. The zero-order valence-electron chi connectivity index (χ0n) is 11.9. The summed E-state index contributed by atoms with van der Waals surface area (Å²) in [5.41, 5.74) is 2.75. The lowest BCUT2D eigenvalue weighted by Crippen LogP contribution is -2.15. The van der Waals surface area contributed by atoms with Crippen LogP contribution in [0.1, 0.15) is 55.8 Å². The number of aromatic carboxylic acids is 1. The summed E-state index contributed by atoms with van der Waals surface area (Å²) in [6, 6.07) is 5.99. The lowest BCUT2D eigenvalue weighted by Gasteiger charge is -2.23. The minimum atomic E-state index is -0.996. The monoisotopic (exact) mass is 260 g/mol. The third-order valence-corrected chi connectivity index (χ3v) is 4.00. The molecule has 0 amide bonds. The number of aryl methyl sites for hydroxylation is 1. The Kier molecular flexibility index (Phi) is 3.40. The summed E-state index contributed by atoms with van der Waals surface area (Å²) in [6.45, 7) is 8.49. The van der Waals surface area contributed by atoms with E-state index >= 15 is 0 Å². The van der Waals surface area contributed by atoms with Crippen LogP contribution in [0.5, 0.6) is 0 Å². The highest BCUT2D eigenvalue weighted by Gasteiger charge is 2.22. The van der Waals surface area contributed by atoms with Gasteiger partial charge < -0.3 is 9.52 Å². The molecular formula is C16H20O3. The number of carboxylic acid groups (broad SMARTS) is 1. The molecule has 1 N–H and O–H groups in total. The van der Waals surface area contributed by atoms with E-state index in [1.807, 2.05) is 19.1 Å². The standard InChI is InChI=1S/C16H20O3/c1-5-11-12-9-10(16(3,4)6-2)7-8-13(12)19-14(11)15(17)18/h7-9H,5-6H2,1-4H3,(H,17,18). The van der Waals surface area contributed by atoms with E-state index < -0.39 is 5.97 Å². The van der Waals surface area contributed by atoms with Gasteiger partial charge in [0.05, 0.1) is 0 Å². The van der Waals surface area contributed by atoms with Crippen LogP contribution in [0.3, 0.4) is 0 Å². The number of rotatable bonds is 4. The van der Waals surface area contributed by atoms with Gasteiger partial charge in [0.25, 0.3) is 0 Å².